The number of hydrogen-bond acceptors (Lipinski definition) is 3. The second-order valence-electron chi connectivity index (χ2n) is 5.32. The smallest absolute Gasteiger partial charge is 0.267 e. The molecular formula is C13H18F2N2O. The van der Waals surface area contributed by atoms with Crippen molar-refractivity contribution in [3.05, 3.63) is 24.3 Å². The maximum atomic E-state index is 14.0. The fraction of sp³-hybridized carbons (Fsp3) is 0.692. The van der Waals surface area contributed by atoms with Gasteiger partial charge in [-0.1, -0.05) is 31.6 Å². The number of aliphatic hydroxyl groups is 1. The molecule has 0 radical (unpaired) electrons. The molecule has 0 bridgehead atoms. The number of fused-ring (bicyclic) bond motifs is 1. The molecule has 3 nitrogen and oxygen atoms in total. The van der Waals surface area contributed by atoms with Crippen LogP contribution in [0.1, 0.15) is 26.2 Å². The summed E-state index contributed by atoms with van der Waals surface area (Å²) in [5.74, 6) is -2.81. The molecule has 2 heterocycles. The summed E-state index contributed by atoms with van der Waals surface area (Å²) in [6.45, 7) is 1.89. The summed E-state index contributed by atoms with van der Waals surface area (Å²) in [4.78, 5) is 1.49. The number of nitrogens with one attached hydrogen (secondary N) is 1. The summed E-state index contributed by atoms with van der Waals surface area (Å²) in [5.41, 5.74) is -0.561. The van der Waals surface area contributed by atoms with E-state index < -0.39 is 23.9 Å². The summed E-state index contributed by atoms with van der Waals surface area (Å²) >= 11 is 0. The molecule has 0 spiro atoms. The standard InChI is InChI=1S/C13H18F2N2O/c1-2-3-7-12(14,15)10-11(18)17(10)13-8-5-4-6-9(13)16-13/h4-6,8-11,16,18H,2-3,7H2,1H3/t9?,10-,11?,13?,17-/m1/s1. The fourth-order valence-corrected chi connectivity index (χ4v) is 2.90. The van der Waals surface area contributed by atoms with Gasteiger partial charge in [-0.3, -0.25) is 5.32 Å². The Labute approximate surface area is 105 Å². The second-order valence-corrected chi connectivity index (χ2v) is 5.32. The highest BCUT2D eigenvalue weighted by atomic mass is 19.3. The van der Waals surface area contributed by atoms with Crippen molar-refractivity contribution in [3.63, 3.8) is 0 Å². The number of unbranched alkanes of at least 4 members (excludes halogenated alkanes) is 1. The van der Waals surface area contributed by atoms with Gasteiger partial charge in [-0.25, -0.2) is 13.7 Å². The summed E-state index contributed by atoms with van der Waals surface area (Å²) in [5, 5.41) is 13.0. The van der Waals surface area contributed by atoms with E-state index in [1.54, 1.807) is 0 Å². The monoisotopic (exact) mass is 256 g/mol. The Hall–Kier alpha value is -0.780. The molecular weight excluding hydrogens is 238 g/mol. The van der Waals surface area contributed by atoms with Crippen LogP contribution in [0, 0.1) is 0 Å². The first-order valence-corrected chi connectivity index (χ1v) is 6.51. The average Bonchev–Trinajstić information content (AvgIpc) is 3.19. The van der Waals surface area contributed by atoms with Crippen LogP contribution in [0.2, 0.25) is 0 Å². The van der Waals surface area contributed by atoms with Crippen molar-refractivity contribution >= 4 is 0 Å². The van der Waals surface area contributed by atoms with Gasteiger partial charge in [0.15, 0.2) is 0 Å². The maximum Gasteiger partial charge on any atom is 0.267 e. The van der Waals surface area contributed by atoms with Gasteiger partial charge >= 0.3 is 0 Å². The average molecular weight is 256 g/mol. The molecule has 1 aliphatic carbocycles. The number of alkyl halides is 2. The Morgan fingerprint density at radius 2 is 2.22 bits per heavy atom. The molecule has 3 unspecified atom stereocenters. The quantitative estimate of drug-likeness (QED) is 0.735. The molecule has 0 aromatic heterocycles. The van der Waals surface area contributed by atoms with E-state index in [4.69, 9.17) is 0 Å². The predicted molar refractivity (Wildman–Crippen MR) is 64.0 cm³/mol. The highest BCUT2D eigenvalue weighted by molar-refractivity contribution is 5.40. The van der Waals surface area contributed by atoms with Crippen LogP contribution in [0.5, 0.6) is 0 Å². The molecule has 2 fully saturated rings. The number of aliphatic hydroxyl groups excluding tert-OH is 1. The minimum absolute atomic E-state index is 0.0594. The summed E-state index contributed by atoms with van der Waals surface area (Å²) in [6.07, 6.45) is 7.57. The Bertz CT molecular complexity index is 410. The number of rotatable bonds is 5. The van der Waals surface area contributed by atoms with Crippen LogP contribution in [0.25, 0.3) is 0 Å². The molecule has 0 aromatic rings. The van der Waals surface area contributed by atoms with Crippen LogP contribution in [0.4, 0.5) is 8.78 Å². The molecule has 0 amide bonds. The van der Waals surface area contributed by atoms with Gasteiger partial charge in [0.1, 0.15) is 17.9 Å². The van der Waals surface area contributed by atoms with Gasteiger partial charge < -0.3 is 5.11 Å². The number of nitrogens with zero attached hydrogens (tertiary/aromatic N) is 1. The Kier molecular flexibility index (Phi) is 2.63. The fourth-order valence-electron chi connectivity index (χ4n) is 2.90. The van der Waals surface area contributed by atoms with E-state index in [2.05, 4.69) is 5.32 Å². The third-order valence-electron chi connectivity index (χ3n) is 4.04. The zero-order chi connectivity index (χ0) is 13.0. The minimum Gasteiger partial charge on any atom is -0.376 e. The largest absolute Gasteiger partial charge is 0.376 e. The summed E-state index contributed by atoms with van der Waals surface area (Å²) in [7, 11) is 0. The van der Waals surface area contributed by atoms with Gasteiger partial charge in [0.05, 0.1) is 6.04 Å². The van der Waals surface area contributed by atoms with Gasteiger partial charge in [-0.2, -0.15) is 0 Å². The van der Waals surface area contributed by atoms with Crippen LogP contribution in [-0.2, 0) is 0 Å². The van der Waals surface area contributed by atoms with Crippen molar-refractivity contribution in [1.82, 2.24) is 10.2 Å². The SMILES string of the molecule is CCCCC(F)(F)[C@H]1C(O)[N@]1C12C=CC=CC1N2. The van der Waals surface area contributed by atoms with E-state index in [0.29, 0.717) is 6.42 Å². The maximum absolute atomic E-state index is 14.0. The summed E-state index contributed by atoms with van der Waals surface area (Å²) < 4.78 is 27.9. The van der Waals surface area contributed by atoms with Crippen LogP contribution in [0.3, 0.4) is 0 Å². The number of allylic oxidation sites excluding steroid dienone is 2. The Morgan fingerprint density at radius 1 is 1.44 bits per heavy atom. The topological polar surface area (TPSA) is 45.2 Å². The Balaban J connectivity index is 1.70. The molecule has 2 saturated heterocycles. The van der Waals surface area contributed by atoms with E-state index in [1.165, 1.54) is 4.90 Å². The van der Waals surface area contributed by atoms with E-state index in [1.807, 2.05) is 31.2 Å². The summed E-state index contributed by atoms with van der Waals surface area (Å²) in [6, 6.07) is -0.984. The van der Waals surface area contributed by atoms with Crippen LogP contribution in [-0.4, -0.2) is 39.9 Å². The normalized spacial score (nSPS) is 44.9. The van der Waals surface area contributed by atoms with E-state index in [0.717, 1.165) is 6.42 Å². The first-order valence-electron chi connectivity index (χ1n) is 6.51. The number of halogens is 2. The van der Waals surface area contributed by atoms with E-state index in [-0.39, 0.29) is 12.5 Å². The van der Waals surface area contributed by atoms with E-state index >= 15 is 0 Å². The highest BCUT2D eigenvalue weighted by Gasteiger charge is 2.73. The van der Waals surface area contributed by atoms with Crippen molar-refractivity contribution < 1.29 is 13.9 Å². The van der Waals surface area contributed by atoms with Gasteiger partial charge in [-0.15, -0.1) is 0 Å². The molecule has 2 aliphatic heterocycles. The van der Waals surface area contributed by atoms with Gasteiger partial charge in [0, 0.05) is 6.42 Å². The van der Waals surface area contributed by atoms with E-state index in [9.17, 15) is 13.9 Å². The first-order chi connectivity index (χ1) is 8.53. The minimum atomic E-state index is -2.81. The van der Waals surface area contributed by atoms with Crippen molar-refractivity contribution in [2.24, 2.45) is 0 Å². The molecule has 0 saturated carbocycles. The lowest BCUT2D eigenvalue weighted by molar-refractivity contribution is -0.0288. The van der Waals surface area contributed by atoms with Crippen LogP contribution >= 0.6 is 0 Å². The molecule has 3 rings (SSSR count). The molecule has 5 heteroatoms. The van der Waals surface area contributed by atoms with Gasteiger partial charge in [0.25, 0.3) is 5.92 Å². The van der Waals surface area contributed by atoms with Gasteiger partial charge in [-0.05, 0) is 12.5 Å². The third-order valence-corrected chi connectivity index (χ3v) is 4.04. The van der Waals surface area contributed by atoms with Crippen LogP contribution in [0.15, 0.2) is 24.3 Å². The third kappa shape index (κ3) is 1.65. The Morgan fingerprint density at radius 3 is 2.89 bits per heavy atom. The van der Waals surface area contributed by atoms with Gasteiger partial charge in [0.2, 0.25) is 0 Å². The van der Waals surface area contributed by atoms with Crippen molar-refractivity contribution in [2.45, 2.75) is 56.1 Å². The molecule has 100 valence electrons. The molecule has 2 N–H and O–H groups in total. The zero-order valence-electron chi connectivity index (χ0n) is 10.3. The predicted octanol–water partition coefficient (Wildman–Crippen LogP) is 1.61. The number of hydrogen-bond donors (Lipinski definition) is 2. The van der Waals surface area contributed by atoms with Crippen molar-refractivity contribution in [1.29, 1.82) is 0 Å². The van der Waals surface area contributed by atoms with Crippen molar-refractivity contribution in [3.8, 4) is 0 Å². The lowest BCUT2D eigenvalue weighted by atomic mass is 10.1. The molecule has 3 aliphatic rings. The molecule has 5 atom stereocenters. The van der Waals surface area contributed by atoms with Crippen LogP contribution < -0.4 is 5.32 Å². The van der Waals surface area contributed by atoms with Crippen molar-refractivity contribution in [2.75, 3.05) is 0 Å². The zero-order valence-corrected chi connectivity index (χ0v) is 10.3. The first kappa shape index (κ1) is 12.3. The second kappa shape index (κ2) is 3.85. The molecule has 18 heavy (non-hydrogen) atoms. The lowest BCUT2D eigenvalue weighted by Gasteiger charge is -2.19. The molecule has 0 aromatic carbocycles. The highest BCUT2D eigenvalue weighted by Crippen LogP contribution is 2.52. The lowest BCUT2D eigenvalue weighted by Crippen LogP contribution is -2.34.